The number of hydrogen-bond donors (Lipinski definition) is 2. The standard InChI is InChI=1S/C26H30N2O2S2/c1-16(17-9-6-5-7-10-17)27-24(30)22-19-13-12-18(26(2,3)4)15-21(19)32-25(22)28-23(29)20-11-8-14-31-20/h5-11,14,16,18H,12-13,15H2,1-4H3,(H,27,30)(H,28,29)/t16-,18+/m1/s1. The summed E-state index contributed by atoms with van der Waals surface area (Å²) in [5.41, 5.74) is 3.02. The first-order chi connectivity index (χ1) is 15.2. The molecule has 32 heavy (non-hydrogen) atoms. The van der Waals surface area contributed by atoms with Crippen molar-refractivity contribution in [1.82, 2.24) is 5.32 Å². The van der Waals surface area contributed by atoms with E-state index < -0.39 is 0 Å². The molecule has 0 saturated carbocycles. The summed E-state index contributed by atoms with van der Waals surface area (Å²) in [6.45, 7) is 8.84. The second-order valence-electron chi connectivity index (χ2n) is 9.55. The Bertz CT molecular complexity index is 1100. The topological polar surface area (TPSA) is 58.2 Å². The fraction of sp³-hybridized carbons (Fsp3) is 0.385. The molecule has 2 aromatic heterocycles. The van der Waals surface area contributed by atoms with Crippen molar-refractivity contribution in [3.05, 3.63) is 74.3 Å². The lowest BCUT2D eigenvalue weighted by atomic mass is 9.72. The van der Waals surface area contributed by atoms with Gasteiger partial charge in [-0.2, -0.15) is 0 Å². The van der Waals surface area contributed by atoms with Crippen LogP contribution in [-0.4, -0.2) is 11.8 Å². The predicted octanol–water partition coefficient (Wildman–Crippen LogP) is 6.70. The summed E-state index contributed by atoms with van der Waals surface area (Å²) in [7, 11) is 0. The van der Waals surface area contributed by atoms with Crippen molar-refractivity contribution in [3.8, 4) is 0 Å². The molecule has 0 fully saturated rings. The van der Waals surface area contributed by atoms with E-state index in [0.717, 1.165) is 30.4 Å². The van der Waals surface area contributed by atoms with E-state index in [9.17, 15) is 9.59 Å². The first-order valence-electron chi connectivity index (χ1n) is 11.1. The molecule has 1 aliphatic rings. The van der Waals surface area contributed by atoms with Crippen molar-refractivity contribution in [2.24, 2.45) is 11.3 Å². The summed E-state index contributed by atoms with van der Waals surface area (Å²) in [5.74, 6) is 0.291. The smallest absolute Gasteiger partial charge is 0.266 e. The number of thiophene rings is 2. The number of carbonyl (C=O) groups excluding carboxylic acids is 2. The van der Waals surface area contributed by atoms with Crippen LogP contribution in [0.5, 0.6) is 0 Å². The molecule has 0 saturated heterocycles. The Morgan fingerprint density at radius 2 is 1.81 bits per heavy atom. The summed E-state index contributed by atoms with van der Waals surface area (Å²) in [6.07, 6.45) is 2.87. The van der Waals surface area contributed by atoms with Gasteiger partial charge >= 0.3 is 0 Å². The summed E-state index contributed by atoms with van der Waals surface area (Å²) in [4.78, 5) is 28.2. The SMILES string of the molecule is C[C@@H](NC(=O)c1c(NC(=O)c2cccs2)sc2c1CC[C@H](C(C)(C)C)C2)c1ccccc1. The van der Waals surface area contributed by atoms with Gasteiger partial charge in [0.15, 0.2) is 0 Å². The molecule has 2 amide bonds. The van der Waals surface area contributed by atoms with Gasteiger partial charge in [0.25, 0.3) is 11.8 Å². The Kier molecular flexibility index (Phi) is 6.54. The molecule has 168 valence electrons. The molecular weight excluding hydrogens is 436 g/mol. The minimum absolute atomic E-state index is 0.116. The maximum atomic E-state index is 13.5. The number of anilines is 1. The number of nitrogens with one attached hydrogen (secondary N) is 2. The van der Waals surface area contributed by atoms with Crippen molar-refractivity contribution in [2.45, 2.75) is 53.0 Å². The number of amides is 2. The quantitative estimate of drug-likeness (QED) is 0.439. The van der Waals surface area contributed by atoms with E-state index >= 15 is 0 Å². The monoisotopic (exact) mass is 466 g/mol. The third-order valence-corrected chi connectivity index (χ3v) is 8.37. The average Bonchev–Trinajstić information content (AvgIpc) is 3.41. The van der Waals surface area contributed by atoms with Crippen molar-refractivity contribution in [1.29, 1.82) is 0 Å². The number of hydrogen-bond acceptors (Lipinski definition) is 4. The number of benzene rings is 1. The molecule has 4 rings (SSSR count). The highest BCUT2D eigenvalue weighted by Gasteiger charge is 2.34. The minimum atomic E-state index is -0.156. The van der Waals surface area contributed by atoms with Gasteiger partial charge in [0.05, 0.1) is 16.5 Å². The molecule has 0 aliphatic heterocycles. The van der Waals surface area contributed by atoms with Crippen molar-refractivity contribution in [3.63, 3.8) is 0 Å². The lowest BCUT2D eigenvalue weighted by Crippen LogP contribution is -2.30. The maximum absolute atomic E-state index is 13.5. The average molecular weight is 467 g/mol. The molecule has 2 heterocycles. The molecule has 0 spiro atoms. The van der Waals surface area contributed by atoms with Gasteiger partial charge in [-0.15, -0.1) is 22.7 Å². The number of carbonyl (C=O) groups is 2. The van der Waals surface area contributed by atoms with E-state index in [1.165, 1.54) is 16.2 Å². The third-order valence-electron chi connectivity index (χ3n) is 6.34. The zero-order chi connectivity index (χ0) is 22.9. The molecular formula is C26H30N2O2S2. The first kappa shape index (κ1) is 22.7. The Morgan fingerprint density at radius 1 is 1.06 bits per heavy atom. The van der Waals surface area contributed by atoms with Crippen molar-refractivity contribution >= 4 is 39.5 Å². The van der Waals surface area contributed by atoms with E-state index in [0.29, 0.717) is 21.4 Å². The maximum Gasteiger partial charge on any atom is 0.266 e. The van der Waals surface area contributed by atoms with Gasteiger partial charge < -0.3 is 10.6 Å². The number of fused-ring (bicyclic) bond motifs is 1. The Hall–Kier alpha value is -2.44. The molecule has 1 aromatic carbocycles. The van der Waals surface area contributed by atoms with Gasteiger partial charge in [-0.3, -0.25) is 9.59 Å². The highest BCUT2D eigenvalue weighted by Crippen LogP contribution is 2.44. The number of rotatable bonds is 5. The Balaban J connectivity index is 1.65. The third kappa shape index (κ3) is 4.81. The summed E-state index contributed by atoms with van der Waals surface area (Å²) in [5, 5.41) is 8.76. The highest BCUT2D eigenvalue weighted by molar-refractivity contribution is 7.17. The second kappa shape index (κ2) is 9.20. The Labute approximate surface area is 198 Å². The van der Waals surface area contributed by atoms with Crippen LogP contribution < -0.4 is 10.6 Å². The largest absolute Gasteiger partial charge is 0.345 e. The van der Waals surface area contributed by atoms with E-state index in [1.54, 1.807) is 17.4 Å². The van der Waals surface area contributed by atoms with Crippen LogP contribution in [0.4, 0.5) is 5.00 Å². The molecule has 1 aliphatic carbocycles. The van der Waals surface area contributed by atoms with Gasteiger partial charge in [-0.05, 0) is 60.1 Å². The lowest BCUT2D eigenvalue weighted by molar-refractivity contribution is 0.0939. The minimum Gasteiger partial charge on any atom is -0.345 e. The molecule has 2 atom stereocenters. The van der Waals surface area contributed by atoms with Crippen LogP contribution in [0.1, 0.15) is 76.2 Å². The van der Waals surface area contributed by atoms with E-state index in [4.69, 9.17) is 0 Å². The fourth-order valence-electron chi connectivity index (χ4n) is 4.32. The molecule has 2 N–H and O–H groups in total. The fourth-order valence-corrected chi connectivity index (χ4v) is 6.26. The normalized spacial score (nSPS) is 16.8. The van der Waals surface area contributed by atoms with Gasteiger partial charge in [0, 0.05) is 4.88 Å². The molecule has 0 radical (unpaired) electrons. The zero-order valence-corrected chi connectivity index (χ0v) is 20.7. The van der Waals surface area contributed by atoms with Crippen LogP contribution in [0.3, 0.4) is 0 Å². The van der Waals surface area contributed by atoms with Crippen LogP contribution in [0.15, 0.2) is 47.8 Å². The van der Waals surface area contributed by atoms with E-state index in [2.05, 4.69) is 31.4 Å². The molecule has 0 unspecified atom stereocenters. The van der Waals surface area contributed by atoms with E-state index in [1.807, 2.05) is 48.7 Å². The van der Waals surface area contributed by atoms with Crippen molar-refractivity contribution in [2.75, 3.05) is 5.32 Å². The van der Waals surface area contributed by atoms with Crippen LogP contribution in [0.25, 0.3) is 0 Å². The van der Waals surface area contributed by atoms with Crippen LogP contribution in [0, 0.1) is 11.3 Å². The van der Waals surface area contributed by atoms with Gasteiger partial charge in [0.1, 0.15) is 5.00 Å². The van der Waals surface area contributed by atoms with Crippen LogP contribution >= 0.6 is 22.7 Å². The first-order valence-corrected chi connectivity index (χ1v) is 12.8. The van der Waals surface area contributed by atoms with Crippen LogP contribution in [0.2, 0.25) is 0 Å². The highest BCUT2D eigenvalue weighted by atomic mass is 32.1. The van der Waals surface area contributed by atoms with E-state index in [-0.39, 0.29) is 23.3 Å². The Morgan fingerprint density at radius 3 is 2.47 bits per heavy atom. The second-order valence-corrected chi connectivity index (χ2v) is 11.6. The van der Waals surface area contributed by atoms with Gasteiger partial charge in [-0.25, -0.2) is 0 Å². The van der Waals surface area contributed by atoms with Crippen molar-refractivity contribution < 1.29 is 9.59 Å². The zero-order valence-electron chi connectivity index (χ0n) is 19.0. The van der Waals surface area contributed by atoms with Crippen LogP contribution in [-0.2, 0) is 12.8 Å². The molecule has 6 heteroatoms. The molecule has 3 aromatic rings. The van der Waals surface area contributed by atoms with Gasteiger partial charge in [-0.1, -0.05) is 57.2 Å². The molecule has 0 bridgehead atoms. The van der Waals surface area contributed by atoms with Gasteiger partial charge in [0.2, 0.25) is 0 Å². The predicted molar refractivity (Wildman–Crippen MR) is 134 cm³/mol. The summed E-state index contributed by atoms with van der Waals surface area (Å²) >= 11 is 2.97. The lowest BCUT2D eigenvalue weighted by Gasteiger charge is -2.34. The summed E-state index contributed by atoms with van der Waals surface area (Å²) < 4.78 is 0. The molecule has 4 nitrogen and oxygen atoms in total. The summed E-state index contributed by atoms with van der Waals surface area (Å²) in [6, 6.07) is 13.5.